The highest BCUT2D eigenvalue weighted by Gasteiger charge is 2.23. The van der Waals surface area contributed by atoms with Crippen LogP contribution in [0.1, 0.15) is 26.7 Å². The second-order valence-corrected chi connectivity index (χ2v) is 4.99. The molecule has 0 aliphatic rings. The summed E-state index contributed by atoms with van der Waals surface area (Å²) < 4.78 is 13.4. The highest BCUT2D eigenvalue weighted by atomic mass is 35.5. The molecule has 134 valence electrons. The fourth-order valence-electron chi connectivity index (χ4n) is 1.88. The van der Waals surface area contributed by atoms with E-state index in [4.69, 9.17) is 5.11 Å². The fraction of sp³-hybridized carbons (Fsp3) is 0.400. The second kappa shape index (κ2) is 10.6. The van der Waals surface area contributed by atoms with E-state index in [2.05, 4.69) is 10.6 Å². The molecule has 7 nitrogen and oxygen atoms in total. The number of anilines is 1. The van der Waals surface area contributed by atoms with E-state index < -0.39 is 35.8 Å². The summed E-state index contributed by atoms with van der Waals surface area (Å²) in [5.41, 5.74) is -0.0622. The number of carboxylic acid groups (broad SMARTS) is 1. The highest BCUT2D eigenvalue weighted by Crippen LogP contribution is 2.11. The monoisotopic (exact) mass is 361 g/mol. The molecule has 1 aromatic carbocycles. The lowest BCUT2D eigenvalue weighted by molar-refractivity contribution is -0.140. The predicted octanol–water partition coefficient (Wildman–Crippen LogP) is 2.13. The summed E-state index contributed by atoms with van der Waals surface area (Å²) in [6, 6.07) is 2.86. The van der Waals surface area contributed by atoms with E-state index >= 15 is 0 Å². The first-order valence-electron chi connectivity index (χ1n) is 7.20. The molecule has 0 saturated heterocycles. The Morgan fingerprint density at radius 1 is 1.25 bits per heavy atom. The van der Waals surface area contributed by atoms with Crippen molar-refractivity contribution in [2.45, 2.75) is 38.8 Å². The van der Waals surface area contributed by atoms with Crippen molar-refractivity contribution >= 4 is 36.0 Å². The van der Waals surface area contributed by atoms with Gasteiger partial charge < -0.3 is 10.4 Å². The number of nitrogens with one attached hydrogen (secondary N) is 3. The number of hydrogen-bond acceptors (Lipinski definition) is 4. The quantitative estimate of drug-likeness (QED) is 0.595. The van der Waals surface area contributed by atoms with Crippen LogP contribution in [0.25, 0.3) is 0 Å². The highest BCUT2D eigenvalue weighted by molar-refractivity contribution is 6.02. The zero-order chi connectivity index (χ0) is 17.4. The third-order valence-electron chi connectivity index (χ3n) is 3.08. The maximum Gasteiger partial charge on any atom is 0.326 e. The summed E-state index contributed by atoms with van der Waals surface area (Å²) in [5.74, 6) is -2.40. The number of urea groups is 1. The maximum absolute atomic E-state index is 13.4. The minimum absolute atomic E-state index is 0. The van der Waals surface area contributed by atoms with Crippen molar-refractivity contribution in [2.24, 2.45) is 0 Å². The first kappa shape index (κ1) is 21.8. The van der Waals surface area contributed by atoms with Gasteiger partial charge in [-0.1, -0.05) is 25.5 Å². The van der Waals surface area contributed by atoms with Gasteiger partial charge in [0.2, 0.25) is 5.91 Å². The van der Waals surface area contributed by atoms with Gasteiger partial charge in [0.1, 0.15) is 11.9 Å². The summed E-state index contributed by atoms with van der Waals surface area (Å²) >= 11 is 0. The average Bonchev–Trinajstić information content (AvgIpc) is 2.48. The SMILES string of the molecule is CCCC(NC(C)C(=O)NC(=O)Nc1ccccc1F)C(=O)O.Cl. The zero-order valence-electron chi connectivity index (χ0n) is 13.3. The number of hydrogen-bond donors (Lipinski definition) is 4. The Balaban J connectivity index is 0.00000529. The minimum atomic E-state index is -1.07. The number of imide groups is 1. The standard InChI is InChI=1S/C15H20FN3O4.ClH/c1-3-6-12(14(21)22)17-9(2)13(20)19-15(23)18-11-8-5-4-7-10(11)16;/h4-5,7-9,12,17H,3,6H2,1-2H3,(H,21,22)(H2,18,19,20,23);1H. The first-order valence-corrected chi connectivity index (χ1v) is 7.20. The van der Waals surface area contributed by atoms with E-state index in [1.807, 2.05) is 12.2 Å². The number of carbonyl (C=O) groups is 3. The first-order chi connectivity index (χ1) is 10.8. The number of halogens is 2. The van der Waals surface area contributed by atoms with Crippen LogP contribution in [0.5, 0.6) is 0 Å². The van der Waals surface area contributed by atoms with Crippen LogP contribution in [0, 0.1) is 5.82 Å². The van der Waals surface area contributed by atoms with Gasteiger partial charge in [0.05, 0.1) is 11.7 Å². The Labute approximate surface area is 145 Å². The van der Waals surface area contributed by atoms with Gasteiger partial charge in [0.15, 0.2) is 0 Å². The molecule has 2 atom stereocenters. The lowest BCUT2D eigenvalue weighted by Crippen LogP contribution is -2.51. The van der Waals surface area contributed by atoms with Crippen molar-refractivity contribution in [1.82, 2.24) is 10.6 Å². The van der Waals surface area contributed by atoms with Crippen molar-refractivity contribution in [2.75, 3.05) is 5.32 Å². The summed E-state index contributed by atoms with van der Waals surface area (Å²) in [6.45, 7) is 3.27. The van der Waals surface area contributed by atoms with Gasteiger partial charge in [-0.2, -0.15) is 0 Å². The number of carbonyl (C=O) groups excluding carboxylic acids is 2. The van der Waals surface area contributed by atoms with Gasteiger partial charge in [-0.05, 0) is 25.5 Å². The molecule has 0 aliphatic carbocycles. The Bertz CT molecular complexity index is 586. The van der Waals surface area contributed by atoms with Gasteiger partial charge in [-0.3, -0.25) is 20.2 Å². The van der Waals surface area contributed by atoms with Gasteiger partial charge in [0.25, 0.3) is 0 Å². The van der Waals surface area contributed by atoms with E-state index in [0.29, 0.717) is 12.8 Å². The number of benzene rings is 1. The summed E-state index contributed by atoms with van der Waals surface area (Å²) in [5, 5.41) is 15.9. The van der Waals surface area contributed by atoms with Crippen molar-refractivity contribution < 1.29 is 23.9 Å². The molecule has 0 aliphatic heterocycles. The molecule has 2 unspecified atom stereocenters. The molecule has 1 rings (SSSR count). The maximum atomic E-state index is 13.4. The minimum Gasteiger partial charge on any atom is -0.480 e. The third kappa shape index (κ3) is 6.93. The van der Waals surface area contributed by atoms with Crippen LogP contribution < -0.4 is 16.0 Å². The molecule has 0 bridgehead atoms. The van der Waals surface area contributed by atoms with Crippen LogP contribution in [0.2, 0.25) is 0 Å². The Morgan fingerprint density at radius 2 is 1.88 bits per heavy atom. The number of para-hydroxylation sites is 1. The van der Waals surface area contributed by atoms with Crippen LogP contribution in [0.3, 0.4) is 0 Å². The topological polar surface area (TPSA) is 108 Å². The van der Waals surface area contributed by atoms with E-state index in [9.17, 15) is 18.8 Å². The second-order valence-electron chi connectivity index (χ2n) is 4.99. The lowest BCUT2D eigenvalue weighted by atomic mass is 10.1. The van der Waals surface area contributed by atoms with Crippen LogP contribution in [-0.4, -0.2) is 35.1 Å². The van der Waals surface area contributed by atoms with Gasteiger partial charge in [-0.15, -0.1) is 12.4 Å². The Kier molecular flexibility index (Phi) is 9.60. The van der Waals surface area contributed by atoms with Gasteiger partial charge in [-0.25, -0.2) is 9.18 Å². The fourth-order valence-corrected chi connectivity index (χ4v) is 1.88. The molecule has 4 N–H and O–H groups in total. The van der Waals surface area contributed by atoms with E-state index in [-0.39, 0.29) is 18.1 Å². The lowest BCUT2D eigenvalue weighted by Gasteiger charge is -2.19. The molecule has 0 fully saturated rings. The number of amides is 3. The largest absolute Gasteiger partial charge is 0.480 e. The molecule has 3 amide bonds. The van der Waals surface area contributed by atoms with Crippen LogP contribution in [0.15, 0.2) is 24.3 Å². The zero-order valence-corrected chi connectivity index (χ0v) is 14.2. The summed E-state index contributed by atoms with van der Waals surface area (Å²) in [7, 11) is 0. The molecule has 24 heavy (non-hydrogen) atoms. The van der Waals surface area contributed by atoms with Crippen LogP contribution in [-0.2, 0) is 9.59 Å². The molecule has 0 heterocycles. The molecular formula is C15H21ClFN3O4. The Morgan fingerprint density at radius 3 is 2.42 bits per heavy atom. The van der Waals surface area contributed by atoms with E-state index in [1.54, 1.807) is 0 Å². The molecule has 0 radical (unpaired) electrons. The van der Waals surface area contributed by atoms with Crippen LogP contribution >= 0.6 is 12.4 Å². The van der Waals surface area contributed by atoms with Gasteiger partial charge in [0, 0.05) is 0 Å². The van der Waals surface area contributed by atoms with E-state index in [0.717, 1.165) is 0 Å². The molecule has 1 aromatic rings. The predicted molar refractivity (Wildman–Crippen MR) is 89.7 cm³/mol. The van der Waals surface area contributed by atoms with E-state index in [1.165, 1.54) is 31.2 Å². The summed E-state index contributed by atoms with van der Waals surface area (Å²) in [4.78, 5) is 34.6. The van der Waals surface area contributed by atoms with Crippen LogP contribution in [0.4, 0.5) is 14.9 Å². The van der Waals surface area contributed by atoms with Crippen molar-refractivity contribution in [3.8, 4) is 0 Å². The van der Waals surface area contributed by atoms with Crippen molar-refractivity contribution in [1.29, 1.82) is 0 Å². The number of carboxylic acids is 1. The summed E-state index contributed by atoms with van der Waals surface area (Å²) in [6.07, 6.45) is 0.987. The third-order valence-corrected chi connectivity index (χ3v) is 3.08. The Hall–Kier alpha value is -2.19. The number of aliphatic carboxylic acids is 1. The van der Waals surface area contributed by atoms with Crippen molar-refractivity contribution in [3.05, 3.63) is 30.1 Å². The average molecular weight is 362 g/mol. The normalized spacial score (nSPS) is 12.5. The molecular weight excluding hydrogens is 341 g/mol. The van der Waals surface area contributed by atoms with Crippen molar-refractivity contribution in [3.63, 3.8) is 0 Å². The smallest absolute Gasteiger partial charge is 0.326 e. The van der Waals surface area contributed by atoms with Gasteiger partial charge >= 0.3 is 12.0 Å². The molecule has 0 aromatic heterocycles. The number of rotatable bonds is 7. The molecule has 0 spiro atoms. The molecule has 9 heteroatoms. The molecule has 0 saturated carbocycles.